The van der Waals surface area contributed by atoms with E-state index in [-0.39, 0.29) is 35.8 Å². The largest absolute Gasteiger partial charge is 0.510 e. The number of hydrogen-bond acceptors (Lipinski definition) is 9. The number of nitrogens with one attached hydrogen (secondary N) is 1. The summed E-state index contributed by atoms with van der Waals surface area (Å²) in [6.07, 6.45) is 5.43. The number of primary amides is 1. The molecule has 1 fully saturated rings. The Morgan fingerprint density at radius 1 is 1.02 bits per heavy atom. The summed E-state index contributed by atoms with van der Waals surface area (Å²) in [7, 11) is 3.23. The van der Waals surface area contributed by atoms with Crippen molar-refractivity contribution in [3.63, 3.8) is 0 Å². The first-order valence-corrected chi connectivity index (χ1v) is 15.2. The van der Waals surface area contributed by atoms with Gasteiger partial charge in [-0.2, -0.15) is 0 Å². The van der Waals surface area contributed by atoms with E-state index in [0.717, 1.165) is 37.8 Å². The number of carbonyl (C=O) groups is 3. The Morgan fingerprint density at radius 3 is 2.34 bits per heavy atom. The Hall–Kier alpha value is -4.15. The van der Waals surface area contributed by atoms with E-state index < -0.39 is 58.0 Å². The van der Waals surface area contributed by atoms with Gasteiger partial charge in [0.05, 0.1) is 11.6 Å². The fourth-order valence-corrected chi connectivity index (χ4v) is 8.06. The Balaban J connectivity index is 1.30. The monoisotopic (exact) mass is 601 g/mol. The van der Waals surface area contributed by atoms with Crippen molar-refractivity contribution in [3.8, 4) is 5.75 Å². The second kappa shape index (κ2) is 11.1. The van der Waals surface area contributed by atoms with E-state index in [9.17, 15) is 34.8 Å². The van der Waals surface area contributed by atoms with Gasteiger partial charge in [-0.1, -0.05) is 30.3 Å². The van der Waals surface area contributed by atoms with Crippen molar-refractivity contribution >= 4 is 23.2 Å². The minimum atomic E-state index is -2.64. The molecule has 10 nitrogen and oxygen atoms in total. The number of likely N-dealkylation sites (N-methyl/N-ethyl adjacent to an activating group) is 1. The van der Waals surface area contributed by atoms with Crippen molar-refractivity contribution in [1.82, 2.24) is 4.90 Å². The summed E-state index contributed by atoms with van der Waals surface area (Å²) < 4.78 is 0. The van der Waals surface area contributed by atoms with Crippen LogP contribution in [0.3, 0.4) is 0 Å². The zero-order valence-corrected chi connectivity index (χ0v) is 24.9. The zero-order valence-electron chi connectivity index (χ0n) is 24.9. The number of phenolic OH excluding ortho intramolecular Hbond substituents is 1. The lowest BCUT2D eigenvalue weighted by atomic mass is 9.58. The van der Waals surface area contributed by atoms with Gasteiger partial charge in [0, 0.05) is 23.2 Å². The first kappa shape index (κ1) is 29.9. The SMILES string of the molecule is CN(C)C1C(O)=C(C(N)=O)C(=O)C2(O)C(O)=C3C(=O)c4c(O)ccc(NC5CCC(Cc6ccccc6)CC5)c4CC3CC12. The number of Topliss-reactive ketones (excluding diaryl/α,β-unsaturated/α-hetero) is 2. The minimum Gasteiger partial charge on any atom is -0.510 e. The molecule has 4 unspecified atom stereocenters. The second-order valence-corrected chi connectivity index (χ2v) is 13.0. The standard InChI is InChI=1S/C34H39N3O7/c1-37(2)28-22-16-19-15-21-23(36-20-10-8-18(9-11-20)14-17-6-4-3-5-7-17)12-13-24(38)26(21)29(39)25(19)31(41)34(22,44)32(42)27(30(28)40)33(35)43/h3-7,12-13,18-20,22,28,36,38,40-41,44H,8-11,14-16H2,1-2H3,(H2,35,43). The first-order valence-electron chi connectivity index (χ1n) is 15.2. The number of amides is 1. The Bertz CT molecular complexity index is 1590. The molecule has 0 aliphatic heterocycles. The molecule has 2 aromatic rings. The van der Waals surface area contributed by atoms with Gasteiger partial charge < -0.3 is 31.5 Å². The maximum atomic E-state index is 14.0. The number of allylic oxidation sites excluding steroid dienone is 1. The highest BCUT2D eigenvalue weighted by Gasteiger charge is 2.63. The average Bonchev–Trinajstić information content (AvgIpc) is 2.97. The molecule has 44 heavy (non-hydrogen) atoms. The molecule has 0 aromatic heterocycles. The van der Waals surface area contributed by atoms with E-state index in [1.54, 1.807) is 25.1 Å². The lowest BCUT2D eigenvalue weighted by Gasteiger charge is -2.50. The molecule has 1 amide bonds. The van der Waals surface area contributed by atoms with Crippen LogP contribution in [0.15, 0.2) is 65.1 Å². The van der Waals surface area contributed by atoms with Crippen molar-refractivity contribution in [2.75, 3.05) is 19.4 Å². The Morgan fingerprint density at radius 2 is 1.70 bits per heavy atom. The summed E-state index contributed by atoms with van der Waals surface area (Å²) in [5.74, 6) is -5.91. The molecule has 1 saturated carbocycles. The topological polar surface area (TPSA) is 173 Å². The summed E-state index contributed by atoms with van der Waals surface area (Å²) in [5, 5.41) is 48.7. The maximum Gasteiger partial charge on any atom is 0.255 e. The molecule has 232 valence electrons. The van der Waals surface area contributed by atoms with Gasteiger partial charge in [0.1, 0.15) is 22.8 Å². The molecule has 10 heteroatoms. The number of anilines is 1. The Kier molecular flexibility index (Phi) is 7.53. The van der Waals surface area contributed by atoms with Crippen molar-refractivity contribution in [2.24, 2.45) is 23.5 Å². The van der Waals surface area contributed by atoms with Gasteiger partial charge in [-0.05, 0) is 94.1 Å². The van der Waals surface area contributed by atoms with E-state index >= 15 is 0 Å². The summed E-state index contributed by atoms with van der Waals surface area (Å²) in [6, 6.07) is 12.9. The van der Waals surface area contributed by atoms with Crippen LogP contribution in [0.1, 0.15) is 53.6 Å². The molecule has 0 heterocycles. The van der Waals surface area contributed by atoms with Gasteiger partial charge in [0.15, 0.2) is 11.4 Å². The molecular formula is C34H39N3O7. The molecular weight excluding hydrogens is 562 g/mol. The lowest BCUT2D eigenvalue weighted by molar-refractivity contribution is -0.148. The normalized spacial score (nSPS) is 30.1. The Labute approximate surface area is 255 Å². The number of rotatable bonds is 6. The highest BCUT2D eigenvalue weighted by Crippen LogP contribution is 2.53. The van der Waals surface area contributed by atoms with Crippen molar-refractivity contribution in [3.05, 3.63) is 81.8 Å². The van der Waals surface area contributed by atoms with Gasteiger partial charge in [-0.15, -0.1) is 0 Å². The number of carbonyl (C=O) groups excluding carboxylic acids is 3. The molecule has 4 aliphatic rings. The predicted octanol–water partition coefficient (Wildman–Crippen LogP) is 3.33. The van der Waals surface area contributed by atoms with Crippen LogP contribution in [0.25, 0.3) is 0 Å². The van der Waals surface area contributed by atoms with Gasteiger partial charge >= 0.3 is 0 Å². The number of phenols is 1. The molecule has 6 rings (SSSR count). The molecule has 4 aliphatic carbocycles. The molecule has 0 spiro atoms. The number of hydrogen-bond donors (Lipinski definition) is 6. The average molecular weight is 602 g/mol. The third-order valence-corrected chi connectivity index (χ3v) is 10.2. The van der Waals surface area contributed by atoms with Gasteiger partial charge in [0.25, 0.3) is 5.91 Å². The van der Waals surface area contributed by atoms with E-state index in [1.165, 1.54) is 11.6 Å². The summed E-state index contributed by atoms with van der Waals surface area (Å²) in [6.45, 7) is 0. The van der Waals surface area contributed by atoms with E-state index in [0.29, 0.717) is 11.5 Å². The van der Waals surface area contributed by atoms with Crippen LogP contribution in [0.5, 0.6) is 5.75 Å². The molecule has 0 bridgehead atoms. The molecule has 0 saturated heterocycles. The highest BCUT2D eigenvalue weighted by molar-refractivity contribution is 6.24. The maximum absolute atomic E-state index is 14.0. The number of fused-ring (bicyclic) bond motifs is 3. The predicted molar refractivity (Wildman–Crippen MR) is 163 cm³/mol. The fraction of sp³-hybridized carbons (Fsp3) is 0.441. The smallest absolute Gasteiger partial charge is 0.255 e. The molecule has 2 aromatic carbocycles. The minimum absolute atomic E-state index is 0.0218. The molecule has 4 atom stereocenters. The van der Waals surface area contributed by atoms with Gasteiger partial charge in [-0.3, -0.25) is 19.3 Å². The van der Waals surface area contributed by atoms with Gasteiger partial charge in [-0.25, -0.2) is 0 Å². The van der Waals surface area contributed by atoms with Crippen LogP contribution in [0.4, 0.5) is 5.69 Å². The number of benzene rings is 2. The van der Waals surface area contributed by atoms with Crippen LogP contribution in [0, 0.1) is 17.8 Å². The number of aliphatic hydroxyl groups is 3. The van der Waals surface area contributed by atoms with Crippen molar-refractivity contribution in [2.45, 2.75) is 62.6 Å². The van der Waals surface area contributed by atoms with Crippen LogP contribution >= 0.6 is 0 Å². The second-order valence-electron chi connectivity index (χ2n) is 13.0. The number of ketones is 2. The molecule has 7 N–H and O–H groups in total. The van der Waals surface area contributed by atoms with Crippen LogP contribution < -0.4 is 11.1 Å². The molecule has 0 radical (unpaired) electrons. The fourth-order valence-electron chi connectivity index (χ4n) is 8.06. The first-order chi connectivity index (χ1) is 20.9. The zero-order chi connectivity index (χ0) is 31.5. The number of nitrogens with zero attached hydrogens (tertiary/aromatic N) is 1. The van der Waals surface area contributed by atoms with Crippen molar-refractivity contribution in [1.29, 1.82) is 0 Å². The summed E-state index contributed by atoms with van der Waals surface area (Å²) in [5.41, 5.74) is 4.51. The van der Waals surface area contributed by atoms with Gasteiger partial charge in [0.2, 0.25) is 5.78 Å². The van der Waals surface area contributed by atoms with Crippen LogP contribution in [-0.4, -0.2) is 74.6 Å². The lowest BCUT2D eigenvalue weighted by Crippen LogP contribution is -2.63. The summed E-state index contributed by atoms with van der Waals surface area (Å²) >= 11 is 0. The number of aliphatic hydroxyl groups excluding tert-OH is 2. The van der Waals surface area contributed by atoms with E-state index in [1.807, 2.05) is 6.07 Å². The van der Waals surface area contributed by atoms with Crippen LogP contribution in [-0.2, 0) is 22.4 Å². The quantitative estimate of drug-likeness (QED) is 0.214. The summed E-state index contributed by atoms with van der Waals surface area (Å²) in [4.78, 5) is 41.1. The third-order valence-electron chi connectivity index (χ3n) is 10.2. The number of nitrogens with two attached hydrogens (primary N) is 1. The highest BCUT2D eigenvalue weighted by atomic mass is 16.3. The van der Waals surface area contributed by atoms with E-state index in [2.05, 4.69) is 29.6 Å². The van der Waals surface area contributed by atoms with E-state index in [4.69, 9.17) is 5.73 Å². The number of aromatic hydroxyl groups is 1. The third kappa shape index (κ3) is 4.68. The van der Waals surface area contributed by atoms with Crippen molar-refractivity contribution < 1.29 is 34.8 Å². The van der Waals surface area contributed by atoms with Crippen LogP contribution in [0.2, 0.25) is 0 Å².